The topological polar surface area (TPSA) is 65.7 Å². The van der Waals surface area contributed by atoms with Crippen LogP contribution in [0.5, 0.6) is 11.5 Å². The van der Waals surface area contributed by atoms with Crippen molar-refractivity contribution in [1.29, 1.82) is 0 Å². The zero-order valence-electron chi connectivity index (χ0n) is 20.8. The maximum atomic E-state index is 12.7. The number of esters is 1. The zero-order chi connectivity index (χ0) is 24.4. The van der Waals surface area contributed by atoms with E-state index in [9.17, 15) is 9.59 Å². The molecule has 35 heavy (non-hydrogen) atoms. The van der Waals surface area contributed by atoms with Gasteiger partial charge in [-0.3, -0.25) is 4.79 Å². The third kappa shape index (κ3) is 4.73. The number of hydrogen-bond donors (Lipinski definition) is 0. The number of rotatable bonds is 9. The number of carbonyl (C=O) groups is 1. The molecule has 0 bridgehead atoms. The summed E-state index contributed by atoms with van der Waals surface area (Å²) in [6.45, 7) is 4.96. The number of ether oxygens (including phenoxy) is 2. The van der Waals surface area contributed by atoms with Crippen molar-refractivity contribution < 1.29 is 18.7 Å². The number of carbonyl (C=O) groups excluding carboxylic acids is 1. The SMILES string of the molecule is CCCCCCCCOc1ccc([C@@H]2CC(=O)Oc3c2c(C)cc2oc(=O)c4c(c32)CCC4)cc1. The van der Waals surface area contributed by atoms with Gasteiger partial charge in [0.05, 0.1) is 18.4 Å². The second-order valence-electron chi connectivity index (χ2n) is 9.93. The van der Waals surface area contributed by atoms with Crippen molar-refractivity contribution in [2.24, 2.45) is 0 Å². The molecule has 1 aromatic heterocycles. The lowest BCUT2D eigenvalue weighted by Gasteiger charge is -2.28. The summed E-state index contributed by atoms with van der Waals surface area (Å²) in [6, 6.07) is 10.0. The Labute approximate surface area is 206 Å². The third-order valence-electron chi connectivity index (χ3n) is 7.44. The van der Waals surface area contributed by atoms with Gasteiger partial charge >= 0.3 is 11.6 Å². The van der Waals surface area contributed by atoms with Crippen molar-refractivity contribution in [3.8, 4) is 11.5 Å². The number of unbranched alkanes of at least 4 members (excludes halogenated alkanes) is 5. The first-order chi connectivity index (χ1) is 17.1. The molecule has 1 aliphatic carbocycles. The molecule has 0 spiro atoms. The van der Waals surface area contributed by atoms with E-state index in [1.165, 1.54) is 32.1 Å². The van der Waals surface area contributed by atoms with Gasteiger partial charge in [0.1, 0.15) is 17.1 Å². The van der Waals surface area contributed by atoms with Gasteiger partial charge in [-0.1, -0.05) is 51.2 Å². The van der Waals surface area contributed by atoms with Crippen LogP contribution in [0.15, 0.2) is 39.5 Å². The van der Waals surface area contributed by atoms with Crippen molar-refractivity contribution in [3.05, 3.63) is 68.6 Å². The summed E-state index contributed by atoms with van der Waals surface area (Å²) < 4.78 is 17.5. The van der Waals surface area contributed by atoms with Gasteiger partial charge in [0.15, 0.2) is 0 Å². The minimum atomic E-state index is -0.264. The molecule has 0 amide bonds. The van der Waals surface area contributed by atoms with E-state index in [4.69, 9.17) is 13.9 Å². The molecule has 2 aliphatic rings. The van der Waals surface area contributed by atoms with E-state index in [0.29, 0.717) is 17.8 Å². The first-order valence-corrected chi connectivity index (χ1v) is 13.1. The maximum absolute atomic E-state index is 12.7. The highest BCUT2D eigenvalue weighted by Crippen LogP contribution is 2.47. The van der Waals surface area contributed by atoms with Crippen LogP contribution in [0.25, 0.3) is 11.0 Å². The monoisotopic (exact) mass is 474 g/mol. The Kier molecular flexibility index (Phi) is 6.94. The summed E-state index contributed by atoms with van der Waals surface area (Å²) in [4.78, 5) is 25.2. The molecule has 0 unspecified atom stereocenters. The summed E-state index contributed by atoms with van der Waals surface area (Å²) in [6.07, 6.45) is 10.2. The first-order valence-electron chi connectivity index (χ1n) is 13.1. The molecular weight excluding hydrogens is 440 g/mol. The Morgan fingerprint density at radius 1 is 0.971 bits per heavy atom. The van der Waals surface area contributed by atoms with Gasteiger partial charge < -0.3 is 13.9 Å². The standard InChI is InChI=1S/C30H34O5/c1-3-4-5-6-7-8-16-33-21-14-12-20(13-15-21)24-18-26(31)35-29-27(24)19(2)17-25-28(29)22-10-9-11-23(22)30(32)34-25/h12-15,17,24H,3-11,16,18H2,1-2H3/t24-/m0/s1. The number of fused-ring (bicyclic) bond motifs is 5. The number of aryl methyl sites for hydroxylation is 2. The van der Waals surface area contributed by atoms with E-state index in [-0.39, 0.29) is 23.9 Å². The van der Waals surface area contributed by atoms with Gasteiger partial charge in [0.25, 0.3) is 0 Å². The van der Waals surface area contributed by atoms with Crippen molar-refractivity contribution in [2.75, 3.05) is 6.61 Å². The molecule has 5 rings (SSSR count). The van der Waals surface area contributed by atoms with Crippen LogP contribution in [0.4, 0.5) is 0 Å². The minimum absolute atomic E-state index is 0.104. The van der Waals surface area contributed by atoms with Gasteiger partial charge in [0, 0.05) is 17.0 Å². The molecule has 0 N–H and O–H groups in total. The molecular formula is C30H34O5. The van der Waals surface area contributed by atoms with E-state index in [1.807, 2.05) is 25.1 Å². The molecule has 5 nitrogen and oxygen atoms in total. The molecule has 1 atom stereocenters. The number of benzene rings is 2. The highest BCUT2D eigenvalue weighted by Gasteiger charge is 2.34. The molecule has 3 aromatic rings. The van der Waals surface area contributed by atoms with Crippen molar-refractivity contribution in [3.63, 3.8) is 0 Å². The Morgan fingerprint density at radius 3 is 2.51 bits per heavy atom. The molecule has 0 saturated heterocycles. The molecule has 2 heterocycles. The van der Waals surface area contributed by atoms with Crippen molar-refractivity contribution >= 4 is 16.9 Å². The van der Waals surface area contributed by atoms with Gasteiger partial charge in [-0.25, -0.2) is 4.79 Å². The Hall–Kier alpha value is -3.08. The largest absolute Gasteiger partial charge is 0.494 e. The molecule has 184 valence electrons. The summed E-state index contributed by atoms with van der Waals surface area (Å²) in [5.41, 5.74) is 5.01. The fourth-order valence-corrected chi connectivity index (χ4v) is 5.66. The Balaban J connectivity index is 1.40. The van der Waals surface area contributed by atoms with E-state index in [0.717, 1.165) is 64.8 Å². The second kappa shape index (κ2) is 10.3. The maximum Gasteiger partial charge on any atom is 0.339 e. The summed E-state index contributed by atoms with van der Waals surface area (Å²) in [5, 5.41) is 0.801. The van der Waals surface area contributed by atoms with Crippen molar-refractivity contribution in [1.82, 2.24) is 0 Å². The molecule has 2 aromatic carbocycles. The van der Waals surface area contributed by atoms with Crippen LogP contribution in [0.3, 0.4) is 0 Å². The predicted molar refractivity (Wildman–Crippen MR) is 137 cm³/mol. The second-order valence-corrected chi connectivity index (χ2v) is 9.93. The molecule has 5 heteroatoms. The quantitative estimate of drug-likeness (QED) is 0.148. The van der Waals surface area contributed by atoms with Crippen LogP contribution in [0.2, 0.25) is 0 Å². The Morgan fingerprint density at radius 2 is 1.71 bits per heavy atom. The average molecular weight is 475 g/mol. The zero-order valence-corrected chi connectivity index (χ0v) is 20.8. The van der Waals surface area contributed by atoms with Gasteiger partial charge in [-0.2, -0.15) is 0 Å². The van der Waals surface area contributed by atoms with Gasteiger partial charge in [-0.05, 0) is 67.5 Å². The van der Waals surface area contributed by atoms with E-state index >= 15 is 0 Å². The van der Waals surface area contributed by atoms with Gasteiger partial charge in [0.2, 0.25) is 0 Å². The highest BCUT2D eigenvalue weighted by atomic mass is 16.5. The lowest BCUT2D eigenvalue weighted by Crippen LogP contribution is -2.23. The number of hydrogen-bond acceptors (Lipinski definition) is 5. The van der Waals surface area contributed by atoms with Gasteiger partial charge in [-0.15, -0.1) is 0 Å². The van der Waals surface area contributed by atoms with Crippen LogP contribution in [0, 0.1) is 6.92 Å². The van der Waals surface area contributed by atoms with Crippen LogP contribution in [-0.4, -0.2) is 12.6 Å². The summed E-state index contributed by atoms with van der Waals surface area (Å²) >= 11 is 0. The molecule has 1 aliphatic heterocycles. The van der Waals surface area contributed by atoms with Crippen LogP contribution >= 0.6 is 0 Å². The van der Waals surface area contributed by atoms with Crippen LogP contribution in [0.1, 0.15) is 92.0 Å². The van der Waals surface area contributed by atoms with E-state index < -0.39 is 0 Å². The summed E-state index contributed by atoms with van der Waals surface area (Å²) in [5.74, 6) is 1.07. The molecule has 0 saturated carbocycles. The molecule has 0 fully saturated rings. The third-order valence-corrected chi connectivity index (χ3v) is 7.44. The van der Waals surface area contributed by atoms with Crippen molar-refractivity contribution in [2.45, 2.75) is 84.0 Å². The average Bonchev–Trinajstić information content (AvgIpc) is 3.34. The lowest BCUT2D eigenvalue weighted by atomic mass is 9.82. The minimum Gasteiger partial charge on any atom is -0.494 e. The van der Waals surface area contributed by atoms with Crippen LogP contribution in [-0.2, 0) is 17.6 Å². The smallest absolute Gasteiger partial charge is 0.339 e. The normalized spacial score (nSPS) is 16.7. The highest BCUT2D eigenvalue weighted by molar-refractivity contribution is 5.94. The fraction of sp³-hybridized carbons (Fsp3) is 0.467. The first kappa shape index (κ1) is 23.7. The van der Waals surface area contributed by atoms with Crippen LogP contribution < -0.4 is 15.1 Å². The Bertz CT molecular complexity index is 1290. The van der Waals surface area contributed by atoms with E-state index in [1.54, 1.807) is 0 Å². The molecule has 0 radical (unpaired) electrons. The van der Waals surface area contributed by atoms with E-state index in [2.05, 4.69) is 19.1 Å². The summed E-state index contributed by atoms with van der Waals surface area (Å²) in [7, 11) is 0. The lowest BCUT2D eigenvalue weighted by molar-refractivity contribution is -0.135. The fourth-order valence-electron chi connectivity index (χ4n) is 5.66. The predicted octanol–water partition coefficient (Wildman–Crippen LogP) is 6.77.